The minimum absolute atomic E-state index is 0.0339. The minimum atomic E-state index is -1.09. The average molecular weight is 633 g/mol. The van der Waals surface area contributed by atoms with Crippen molar-refractivity contribution in [3.05, 3.63) is 60.0 Å². The highest BCUT2D eigenvalue weighted by molar-refractivity contribution is 7.17. The number of nitrogens with zero attached hydrogens (tertiary/aromatic N) is 6. The molecular formula is C33H31F3N6O2S. The van der Waals surface area contributed by atoms with Crippen LogP contribution in [0.4, 0.5) is 19.0 Å². The topological polar surface area (TPSA) is 85.6 Å². The lowest BCUT2D eigenvalue weighted by Crippen LogP contribution is -2.55. The van der Waals surface area contributed by atoms with Crippen LogP contribution in [0.25, 0.3) is 32.1 Å². The lowest BCUT2D eigenvalue weighted by molar-refractivity contribution is -0.131. The Morgan fingerprint density at radius 2 is 2.02 bits per heavy atom. The van der Waals surface area contributed by atoms with Crippen LogP contribution in [0.15, 0.2) is 54.2 Å². The third-order valence-corrected chi connectivity index (χ3v) is 10.2. The summed E-state index contributed by atoms with van der Waals surface area (Å²) in [7, 11) is 0. The normalized spacial score (nSPS) is 23.4. The van der Waals surface area contributed by atoms with E-state index < -0.39 is 35.3 Å². The second-order valence-corrected chi connectivity index (χ2v) is 13.0. The van der Waals surface area contributed by atoms with Crippen LogP contribution < -0.4 is 9.64 Å². The number of amides is 1. The quantitative estimate of drug-likeness (QED) is 0.231. The van der Waals surface area contributed by atoms with Gasteiger partial charge in [-0.05, 0) is 54.6 Å². The highest BCUT2D eigenvalue weighted by atomic mass is 32.1. The molecule has 1 amide bonds. The van der Waals surface area contributed by atoms with E-state index >= 15 is 4.39 Å². The van der Waals surface area contributed by atoms with Gasteiger partial charge in [0.1, 0.15) is 24.4 Å². The number of carbonyl (C=O) groups is 1. The highest BCUT2D eigenvalue weighted by Gasteiger charge is 2.49. The fraction of sp³-hybridized carbons (Fsp3) is 0.394. The molecular weight excluding hydrogens is 601 g/mol. The van der Waals surface area contributed by atoms with Gasteiger partial charge in [-0.1, -0.05) is 18.7 Å². The van der Waals surface area contributed by atoms with Gasteiger partial charge in [0.05, 0.1) is 29.6 Å². The van der Waals surface area contributed by atoms with E-state index in [1.165, 1.54) is 11.0 Å². The predicted octanol–water partition coefficient (Wildman–Crippen LogP) is 6.02. The van der Waals surface area contributed by atoms with Crippen LogP contribution >= 0.6 is 11.3 Å². The Kier molecular flexibility index (Phi) is 7.61. The third kappa shape index (κ3) is 5.27. The SMILES string of the molecule is C=C(F)C(=O)N1CCN(c2nc(OCC34CCCN3C[C@H](F)C4)nc3cc(-c4cccc5sccc45)c(F)cc23)C[C@@H]1CC#N. The highest BCUT2D eigenvalue weighted by Crippen LogP contribution is 2.41. The van der Waals surface area contributed by atoms with Gasteiger partial charge >= 0.3 is 6.01 Å². The lowest BCUT2D eigenvalue weighted by atomic mass is 9.95. The molecule has 2 aromatic carbocycles. The van der Waals surface area contributed by atoms with Crippen molar-refractivity contribution >= 4 is 44.1 Å². The minimum Gasteiger partial charge on any atom is -0.461 e. The summed E-state index contributed by atoms with van der Waals surface area (Å²) in [6, 6.07) is 12.4. The zero-order chi connectivity index (χ0) is 31.3. The first-order valence-corrected chi connectivity index (χ1v) is 15.9. The Labute approximate surface area is 262 Å². The molecule has 3 fully saturated rings. The van der Waals surface area contributed by atoms with Crippen LogP contribution in [0.2, 0.25) is 0 Å². The molecule has 2 aromatic heterocycles. The maximum Gasteiger partial charge on any atom is 0.319 e. The number of nitriles is 1. The number of anilines is 1. The molecule has 0 N–H and O–H groups in total. The molecule has 12 heteroatoms. The summed E-state index contributed by atoms with van der Waals surface area (Å²) in [6.07, 6.45) is 1.22. The number of ether oxygens (including phenoxy) is 1. The number of carbonyl (C=O) groups excluding carboxylic acids is 1. The smallest absolute Gasteiger partial charge is 0.319 e. The molecule has 4 aromatic rings. The number of rotatable bonds is 7. The summed E-state index contributed by atoms with van der Waals surface area (Å²) in [5, 5.41) is 12.8. The summed E-state index contributed by atoms with van der Waals surface area (Å²) >= 11 is 1.58. The van der Waals surface area contributed by atoms with E-state index in [0.29, 0.717) is 35.2 Å². The van der Waals surface area contributed by atoms with Gasteiger partial charge in [-0.2, -0.15) is 15.2 Å². The zero-order valence-corrected chi connectivity index (χ0v) is 25.3. The number of fused-ring (bicyclic) bond motifs is 3. The number of alkyl halides is 1. The monoisotopic (exact) mass is 632 g/mol. The van der Waals surface area contributed by atoms with Crippen LogP contribution in [0.5, 0.6) is 6.01 Å². The van der Waals surface area contributed by atoms with Gasteiger partial charge < -0.3 is 14.5 Å². The van der Waals surface area contributed by atoms with Crippen molar-refractivity contribution in [1.29, 1.82) is 5.26 Å². The Hall–Kier alpha value is -4.21. The van der Waals surface area contributed by atoms with Gasteiger partial charge in [0.25, 0.3) is 5.91 Å². The van der Waals surface area contributed by atoms with Crippen molar-refractivity contribution in [2.75, 3.05) is 44.2 Å². The number of benzene rings is 2. The number of halogens is 3. The number of hydrogen-bond donors (Lipinski definition) is 0. The first kappa shape index (κ1) is 29.5. The second-order valence-electron chi connectivity index (χ2n) is 12.0. The Morgan fingerprint density at radius 1 is 1.16 bits per heavy atom. The maximum atomic E-state index is 16.0. The van der Waals surface area contributed by atoms with E-state index in [0.717, 1.165) is 35.0 Å². The molecule has 0 aliphatic carbocycles. The molecule has 0 spiro atoms. The van der Waals surface area contributed by atoms with Crippen LogP contribution in [0.1, 0.15) is 25.7 Å². The van der Waals surface area contributed by atoms with Gasteiger partial charge in [-0.25, -0.2) is 13.2 Å². The summed E-state index contributed by atoms with van der Waals surface area (Å²) in [4.78, 5) is 27.3. The molecule has 3 atom stereocenters. The summed E-state index contributed by atoms with van der Waals surface area (Å²) in [6.45, 7) is 5.10. The van der Waals surface area contributed by atoms with Crippen molar-refractivity contribution < 1.29 is 22.7 Å². The molecule has 3 aliphatic rings. The average Bonchev–Trinajstić information content (AvgIpc) is 3.73. The second kappa shape index (κ2) is 11.6. The largest absolute Gasteiger partial charge is 0.461 e. The van der Waals surface area contributed by atoms with E-state index in [9.17, 15) is 18.8 Å². The Bertz CT molecular complexity index is 1860. The van der Waals surface area contributed by atoms with Crippen molar-refractivity contribution in [2.45, 2.75) is 43.4 Å². The molecule has 7 rings (SSSR count). The molecule has 3 aliphatic heterocycles. The van der Waals surface area contributed by atoms with Crippen LogP contribution in [0.3, 0.4) is 0 Å². The van der Waals surface area contributed by atoms with E-state index in [4.69, 9.17) is 14.7 Å². The molecule has 1 unspecified atom stereocenters. The van der Waals surface area contributed by atoms with E-state index in [1.807, 2.05) is 34.5 Å². The maximum absolute atomic E-state index is 16.0. The van der Waals surface area contributed by atoms with E-state index in [-0.39, 0.29) is 38.7 Å². The van der Waals surface area contributed by atoms with Gasteiger partial charge in [0, 0.05) is 53.6 Å². The number of aromatic nitrogens is 2. The van der Waals surface area contributed by atoms with Crippen molar-refractivity contribution in [2.24, 2.45) is 0 Å². The fourth-order valence-corrected chi connectivity index (χ4v) is 8.06. The van der Waals surface area contributed by atoms with Gasteiger partial charge in [0.2, 0.25) is 0 Å². The van der Waals surface area contributed by atoms with Crippen LogP contribution in [0, 0.1) is 17.1 Å². The summed E-state index contributed by atoms with van der Waals surface area (Å²) in [5.41, 5.74) is 1.17. The van der Waals surface area contributed by atoms with Crippen molar-refractivity contribution in [3.8, 4) is 23.2 Å². The zero-order valence-electron chi connectivity index (χ0n) is 24.5. The van der Waals surface area contributed by atoms with E-state index in [2.05, 4.69) is 17.5 Å². The van der Waals surface area contributed by atoms with Crippen molar-refractivity contribution in [1.82, 2.24) is 19.8 Å². The summed E-state index contributed by atoms with van der Waals surface area (Å²) in [5.74, 6) is -2.00. The Balaban J connectivity index is 1.30. The molecule has 0 bridgehead atoms. The molecule has 8 nitrogen and oxygen atoms in total. The molecule has 232 valence electrons. The number of hydrogen-bond acceptors (Lipinski definition) is 8. The molecule has 3 saturated heterocycles. The fourth-order valence-electron chi connectivity index (χ4n) is 7.25. The van der Waals surface area contributed by atoms with Gasteiger partial charge in [-0.15, -0.1) is 11.3 Å². The first-order valence-electron chi connectivity index (χ1n) is 15.0. The molecule has 45 heavy (non-hydrogen) atoms. The van der Waals surface area contributed by atoms with Crippen molar-refractivity contribution in [3.63, 3.8) is 0 Å². The third-order valence-electron chi connectivity index (χ3n) is 9.36. The molecule has 5 heterocycles. The summed E-state index contributed by atoms with van der Waals surface area (Å²) < 4.78 is 51.5. The number of piperazine rings is 1. The molecule has 0 radical (unpaired) electrons. The Morgan fingerprint density at radius 3 is 2.84 bits per heavy atom. The predicted molar refractivity (Wildman–Crippen MR) is 167 cm³/mol. The van der Waals surface area contributed by atoms with E-state index in [1.54, 1.807) is 17.4 Å². The molecule has 0 saturated carbocycles. The van der Waals surface area contributed by atoms with Gasteiger partial charge in [-0.3, -0.25) is 9.69 Å². The standard InChI is InChI=1S/C33H31F3N6O2S/c1-20(34)31(43)42-12-11-40(18-22(42)6-9-37)30-26-14-27(36)25(23-4-2-5-29-24(23)7-13-45-29)15-28(26)38-32(39-30)44-19-33-8-3-10-41(33)17-21(35)16-33/h2,4-5,7,13-15,21-22H,1,3,6,8,10-12,16-19H2/t21-,22+,33?/m1/s1. The first-order chi connectivity index (χ1) is 21.8. The van der Waals surface area contributed by atoms with Crippen LogP contribution in [-0.4, -0.2) is 82.8 Å². The van der Waals surface area contributed by atoms with Crippen LogP contribution in [-0.2, 0) is 4.79 Å². The number of thiophene rings is 1. The lowest BCUT2D eigenvalue weighted by Gasteiger charge is -2.41. The van der Waals surface area contributed by atoms with Gasteiger partial charge in [0.15, 0.2) is 5.83 Å².